The molecule has 2 aliphatic rings. The maximum atomic E-state index is 13.9. The fourth-order valence-corrected chi connectivity index (χ4v) is 5.95. The summed E-state index contributed by atoms with van der Waals surface area (Å²) < 4.78 is 12.9. The van der Waals surface area contributed by atoms with Crippen molar-refractivity contribution in [3.63, 3.8) is 0 Å². The molecule has 0 bridgehead atoms. The molecule has 2 aromatic heterocycles. The number of esters is 2. The van der Waals surface area contributed by atoms with Crippen LogP contribution in [0.15, 0.2) is 35.1 Å². The molecule has 11 nitrogen and oxygen atoms in total. The van der Waals surface area contributed by atoms with Gasteiger partial charge in [-0.25, -0.2) is 14.6 Å². The van der Waals surface area contributed by atoms with E-state index >= 15 is 0 Å². The number of rotatable bonds is 10. The summed E-state index contributed by atoms with van der Waals surface area (Å²) in [5.41, 5.74) is 13.9. The summed E-state index contributed by atoms with van der Waals surface area (Å²) in [6, 6.07) is 7.66. The monoisotopic (exact) mass is 575 g/mol. The topological polar surface area (TPSA) is 169 Å². The molecular weight excluding hydrogens is 538 g/mol. The van der Waals surface area contributed by atoms with Gasteiger partial charge >= 0.3 is 11.9 Å². The lowest BCUT2D eigenvalue weighted by Crippen LogP contribution is -2.52. The number of cyclic esters (lactones) is 1. The molecule has 5 N–H and O–H groups in total. The van der Waals surface area contributed by atoms with Gasteiger partial charge in [-0.2, -0.15) is 0 Å². The maximum absolute atomic E-state index is 13.9. The molecule has 1 aromatic carbocycles. The largest absolute Gasteiger partial charge is 0.457 e. The first-order valence-electron chi connectivity index (χ1n) is 14.5. The molecule has 0 radical (unpaired) electrons. The summed E-state index contributed by atoms with van der Waals surface area (Å²) in [5, 5.41) is 3.61. The van der Waals surface area contributed by atoms with Crippen LogP contribution < -0.4 is 22.3 Å². The van der Waals surface area contributed by atoms with Crippen molar-refractivity contribution in [3.05, 3.63) is 62.9 Å². The third-order valence-corrected chi connectivity index (χ3v) is 8.33. The normalized spacial score (nSPS) is 18.5. The zero-order chi connectivity index (χ0) is 30.2. The zero-order valence-corrected chi connectivity index (χ0v) is 24.2. The van der Waals surface area contributed by atoms with Gasteiger partial charge < -0.3 is 30.8 Å². The smallest absolute Gasteiger partial charge is 0.355 e. The fourth-order valence-electron chi connectivity index (χ4n) is 5.95. The summed E-state index contributed by atoms with van der Waals surface area (Å²) in [6.45, 7) is 5.82. The number of para-hydroxylation sites is 1. The Morgan fingerprint density at radius 1 is 1.19 bits per heavy atom. The standard InChI is InChI=1S/C31H37N5O6/c1-4-18-19-10-6-7-12-24(19)35-26-20(18)15-36-25(26)14-22-21(28(36)38)16-41-30(40)31(22,5-2)42-29(39)17(3)34-27(37)23(33)11-8-9-13-32/h6-7,10,12,14,17,23H,4-5,8-9,11,13,15-16,32-33H2,1-3H3,(H,34,37)/t17-,23-,31-/m0/s1. The van der Waals surface area contributed by atoms with Crippen molar-refractivity contribution in [3.8, 4) is 11.4 Å². The summed E-state index contributed by atoms with van der Waals surface area (Å²) in [7, 11) is 0. The molecule has 0 saturated carbocycles. The van der Waals surface area contributed by atoms with Gasteiger partial charge in [0.2, 0.25) is 11.5 Å². The number of ether oxygens (including phenoxy) is 2. The van der Waals surface area contributed by atoms with Gasteiger partial charge in [0, 0.05) is 16.5 Å². The number of unbranched alkanes of at least 4 members (excludes halogenated alkanes) is 1. The third-order valence-electron chi connectivity index (χ3n) is 8.33. The Morgan fingerprint density at radius 3 is 2.67 bits per heavy atom. The minimum Gasteiger partial charge on any atom is -0.457 e. The highest BCUT2D eigenvalue weighted by Crippen LogP contribution is 2.42. The number of nitrogens with one attached hydrogen (secondary N) is 1. The Bertz CT molecular complexity index is 1630. The number of hydrogen-bond donors (Lipinski definition) is 3. The molecule has 0 aliphatic carbocycles. The lowest BCUT2D eigenvalue weighted by molar-refractivity contribution is -0.190. The molecular formula is C31H37N5O6. The number of hydrogen-bond acceptors (Lipinski definition) is 9. The first-order chi connectivity index (χ1) is 20.2. The van der Waals surface area contributed by atoms with E-state index in [1.807, 2.05) is 24.3 Å². The highest BCUT2D eigenvalue weighted by molar-refractivity contribution is 5.92. The minimum atomic E-state index is -1.87. The van der Waals surface area contributed by atoms with Crippen molar-refractivity contribution in [1.29, 1.82) is 0 Å². The number of fused-ring (bicyclic) bond motifs is 5. The van der Waals surface area contributed by atoms with E-state index < -0.39 is 35.5 Å². The first-order valence-corrected chi connectivity index (χ1v) is 14.5. The molecule has 11 heteroatoms. The number of amides is 1. The van der Waals surface area contributed by atoms with Crippen LogP contribution in [0.2, 0.25) is 0 Å². The van der Waals surface area contributed by atoms with Crippen LogP contribution in [0, 0.1) is 0 Å². The molecule has 2 aliphatic heterocycles. The number of carbonyl (C=O) groups excluding carboxylic acids is 3. The van der Waals surface area contributed by atoms with Crippen molar-refractivity contribution >= 4 is 28.7 Å². The van der Waals surface area contributed by atoms with Gasteiger partial charge in [-0.05, 0) is 56.8 Å². The van der Waals surface area contributed by atoms with Crippen molar-refractivity contribution < 1.29 is 23.9 Å². The van der Waals surface area contributed by atoms with Gasteiger partial charge in [0.1, 0.15) is 12.6 Å². The van der Waals surface area contributed by atoms with Gasteiger partial charge in [0.15, 0.2) is 0 Å². The average Bonchev–Trinajstić information content (AvgIpc) is 3.35. The molecule has 222 valence electrons. The fraction of sp³-hybridized carbons (Fsp3) is 0.452. The summed E-state index contributed by atoms with van der Waals surface area (Å²) in [5.74, 6) is -2.12. The van der Waals surface area contributed by atoms with Gasteiger partial charge in [-0.1, -0.05) is 38.5 Å². The molecule has 5 rings (SSSR count). The SMILES string of the molecule is CCc1c2c(nc3ccccc13)-c1cc3c(c(=O)n1C2)COC(=O)[C@@]3(CC)OC(=O)[C@H](C)NC(=O)[C@@H](N)CCCCN. The molecule has 42 heavy (non-hydrogen) atoms. The molecule has 3 aromatic rings. The van der Waals surface area contributed by atoms with Crippen LogP contribution in [-0.4, -0.2) is 46.0 Å². The van der Waals surface area contributed by atoms with Crippen LogP contribution in [0.25, 0.3) is 22.3 Å². The van der Waals surface area contributed by atoms with Crippen molar-refractivity contribution in [2.75, 3.05) is 6.54 Å². The van der Waals surface area contributed by atoms with Gasteiger partial charge in [0.25, 0.3) is 5.56 Å². The highest BCUT2D eigenvalue weighted by Gasteiger charge is 2.51. The number of benzene rings is 1. The second-order valence-corrected chi connectivity index (χ2v) is 10.9. The van der Waals surface area contributed by atoms with E-state index in [2.05, 4.69) is 12.2 Å². The van der Waals surface area contributed by atoms with Gasteiger partial charge in [-0.15, -0.1) is 0 Å². The highest BCUT2D eigenvalue weighted by atomic mass is 16.6. The van der Waals surface area contributed by atoms with E-state index in [4.69, 9.17) is 25.9 Å². The lowest BCUT2D eigenvalue weighted by Gasteiger charge is -2.36. The minimum absolute atomic E-state index is 0.0188. The van der Waals surface area contributed by atoms with Crippen LogP contribution in [0.1, 0.15) is 68.7 Å². The third kappa shape index (κ3) is 4.86. The number of aromatic nitrogens is 2. The van der Waals surface area contributed by atoms with Crippen molar-refractivity contribution in [2.45, 2.75) is 83.7 Å². The average molecular weight is 576 g/mol. The van der Waals surface area contributed by atoms with E-state index in [1.165, 1.54) is 6.92 Å². The second kappa shape index (κ2) is 11.7. The van der Waals surface area contributed by atoms with Gasteiger partial charge in [-0.3, -0.25) is 9.59 Å². The predicted octanol–water partition coefficient (Wildman–Crippen LogP) is 2.15. The van der Waals surface area contributed by atoms with Crippen molar-refractivity contribution in [1.82, 2.24) is 14.9 Å². The Morgan fingerprint density at radius 2 is 1.95 bits per heavy atom. The molecule has 0 unspecified atom stereocenters. The number of nitrogens with zero attached hydrogens (tertiary/aromatic N) is 2. The molecule has 3 atom stereocenters. The number of nitrogens with two attached hydrogens (primary N) is 2. The van der Waals surface area contributed by atoms with Crippen LogP contribution in [0.3, 0.4) is 0 Å². The van der Waals surface area contributed by atoms with Gasteiger partial charge in [0.05, 0.1) is 35.1 Å². The summed E-state index contributed by atoms with van der Waals surface area (Å²) in [6.07, 6.45) is 2.61. The predicted molar refractivity (Wildman–Crippen MR) is 156 cm³/mol. The zero-order valence-electron chi connectivity index (χ0n) is 24.2. The Labute approximate surface area is 243 Å². The molecule has 0 spiro atoms. The quantitative estimate of drug-likeness (QED) is 0.189. The maximum Gasteiger partial charge on any atom is 0.355 e. The van der Waals surface area contributed by atoms with E-state index in [9.17, 15) is 19.2 Å². The Kier molecular flexibility index (Phi) is 8.16. The van der Waals surface area contributed by atoms with Crippen LogP contribution >= 0.6 is 0 Å². The Hall–Kier alpha value is -4.09. The Balaban J connectivity index is 1.51. The van der Waals surface area contributed by atoms with E-state index in [1.54, 1.807) is 17.6 Å². The number of pyridine rings is 2. The lowest BCUT2D eigenvalue weighted by atomic mass is 9.85. The van der Waals surface area contributed by atoms with E-state index in [-0.39, 0.29) is 29.7 Å². The number of aryl methyl sites for hydroxylation is 1. The first kappa shape index (κ1) is 29.4. The van der Waals surface area contributed by atoms with Crippen LogP contribution in [0.5, 0.6) is 0 Å². The summed E-state index contributed by atoms with van der Waals surface area (Å²) >= 11 is 0. The molecule has 0 fully saturated rings. The molecule has 4 heterocycles. The molecule has 1 amide bonds. The van der Waals surface area contributed by atoms with E-state index in [0.717, 1.165) is 34.9 Å². The second-order valence-electron chi connectivity index (χ2n) is 10.9. The van der Waals surface area contributed by atoms with Crippen LogP contribution in [-0.2, 0) is 49.0 Å². The number of carbonyl (C=O) groups is 3. The van der Waals surface area contributed by atoms with Crippen LogP contribution in [0.4, 0.5) is 0 Å². The van der Waals surface area contributed by atoms with Crippen molar-refractivity contribution in [2.24, 2.45) is 11.5 Å². The molecule has 0 saturated heterocycles. The van der Waals surface area contributed by atoms with E-state index in [0.29, 0.717) is 37.3 Å². The summed E-state index contributed by atoms with van der Waals surface area (Å²) in [4.78, 5) is 58.0.